The molecule has 2 unspecified atom stereocenters. The summed E-state index contributed by atoms with van der Waals surface area (Å²) in [5.41, 5.74) is 2.24. The van der Waals surface area contributed by atoms with E-state index in [1.165, 1.54) is 7.11 Å². The van der Waals surface area contributed by atoms with Crippen LogP contribution in [0, 0.1) is 0 Å². The van der Waals surface area contributed by atoms with Crippen LogP contribution in [0.25, 0.3) is 0 Å². The Kier molecular flexibility index (Phi) is 9.24. The van der Waals surface area contributed by atoms with Crippen LogP contribution in [-0.2, 0) is 33.8 Å². The minimum absolute atomic E-state index is 0.0155. The Bertz CT molecular complexity index is 1120. The lowest BCUT2D eigenvalue weighted by molar-refractivity contribution is -0.142. The van der Waals surface area contributed by atoms with Gasteiger partial charge < -0.3 is 25.2 Å². The number of para-hydroxylation sites is 1. The molecule has 0 spiro atoms. The van der Waals surface area contributed by atoms with Crippen molar-refractivity contribution in [1.82, 2.24) is 10.6 Å². The van der Waals surface area contributed by atoms with Gasteiger partial charge >= 0.3 is 12.1 Å². The van der Waals surface area contributed by atoms with Gasteiger partial charge in [0.1, 0.15) is 24.4 Å². The fraction of sp³-hybridized carbons (Fsp3) is 0.222. The molecule has 0 fully saturated rings. The maximum atomic E-state index is 13.1. The molecule has 0 radical (unpaired) electrons. The number of hydrogen-bond acceptors (Lipinski definition) is 5. The first-order chi connectivity index (χ1) is 17.0. The van der Waals surface area contributed by atoms with E-state index >= 15 is 0 Å². The Morgan fingerprint density at radius 3 is 2.00 bits per heavy atom. The summed E-state index contributed by atoms with van der Waals surface area (Å²) in [5, 5.41) is 14.9. The smallest absolute Gasteiger partial charge is 0.408 e. The van der Waals surface area contributed by atoms with Crippen LogP contribution in [0.3, 0.4) is 0 Å². The SMILES string of the molecule is COc1ccccc1CC(NC(=O)C(Cc1ccccc1)NC(=O)OCc1ccccc1)C(=O)O. The van der Waals surface area contributed by atoms with Gasteiger partial charge in [-0.3, -0.25) is 4.79 Å². The lowest BCUT2D eigenvalue weighted by atomic mass is 10.0. The fourth-order valence-corrected chi connectivity index (χ4v) is 3.53. The number of nitrogens with one attached hydrogen (secondary N) is 2. The van der Waals surface area contributed by atoms with E-state index in [0.29, 0.717) is 11.3 Å². The fourth-order valence-electron chi connectivity index (χ4n) is 3.53. The second-order valence-electron chi connectivity index (χ2n) is 7.86. The van der Waals surface area contributed by atoms with Crippen LogP contribution in [0.4, 0.5) is 4.79 Å². The molecule has 3 rings (SSSR count). The van der Waals surface area contributed by atoms with Gasteiger partial charge in [0.05, 0.1) is 7.11 Å². The van der Waals surface area contributed by atoms with Crippen molar-refractivity contribution in [3.63, 3.8) is 0 Å². The summed E-state index contributed by atoms with van der Waals surface area (Å²) in [6, 6.07) is 23.0. The normalized spacial score (nSPS) is 12.1. The van der Waals surface area contributed by atoms with E-state index in [0.717, 1.165) is 11.1 Å². The number of alkyl carbamates (subject to hydrolysis) is 1. The Hall–Kier alpha value is -4.33. The lowest BCUT2D eigenvalue weighted by Gasteiger charge is -2.22. The molecule has 35 heavy (non-hydrogen) atoms. The number of benzene rings is 3. The van der Waals surface area contributed by atoms with Gasteiger partial charge in [0.15, 0.2) is 0 Å². The Morgan fingerprint density at radius 2 is 1.37 bits per heavy atom. The predicted octanol–water partition coefficient (Wildman–Crippen LogP) is 3.34. The highest BCUT2D eigenvalue weighted by molar-refractivity contribution is 5.89. The van der Waals surface area contributed by atoms with Crippen molar-refractivity contribution >= 4 is 18.0 Å². The zero-order valence-electron chi connectivity index (χ0n) is 19.3. The van der Waals surface area contributed by atoms with E-state index < -0.39 is 30.1 Å². The number of carbonyl (C=O) groups is 3. The van der Waals surface area contributed by atoms with Crippen molar-refractivity contribution in [2.24, 2.45) is 0 Å². The first-order valence-corrected chi connectivity index (χ1v) is 11.1. The second-order valence-corrected chi connectivity index (χ2v) is 7.86. The summed E-state index contributed by atoms with van der Waals surface area (Å²) in [6.07, 6.45) is -0.600. The molecular weight excluding hydrogens is 448 g/mol. The van der Waals surface area contributed by atoms with Gasteiger partial charge in [-0.05, 0) is 22.8 Å². The molecule has 8 heteroatoms. The molecule has 182 valence electrons. The molecule has 3 aromatic carbocycles. The molecule has 0 heterocycles. The highest BCUT2D eigenvalue weighted by Gasteiger charge is 2.28. The van der Waals surface area contributed by atoms with E-state index in [9.17, 15) is 19.5 Å². The third kappa shape index (κ3) is 7.89. The van der Waals surface area contributed by atoms with Crippen LogP contribution in [0.1, 0.15) is 16.7 Å². The molecule has 8 nitrogen and oxygen atoms in total. The standard InChI is InChI=1S/C27H28N2O6/c1-34-24-15-9-8-14-21(24)17-23(26(31)32)28-25(30)22(16-19-10-4-2-5-11-19)29-27(33)35-18-20-12-6-3-7-13-20/h2-15,22-23H,16-18H2,1H3,(H,28,30)(H,29,33)(H,31,32). The Morgan fingerprint density at radius 1 is 0.771 bits per heavy atom. The van der Waals surface area contributed by atoms with E-state index in [4.69, 9.17) is 9.47 Å². The number of hydrogen-bond donors (Lipinski definition) is 3. The molecule has 2 amide bonds. The van der Waals surface area contributed by atoms with E-state index in [2.05, 4.69) is 10.6 Å². The summed E-state index contributed by atoms with van der Waals surface area (Å²) in [4.78, 5) is 37.5. The molecule has 0 aliphatic rings. The topological polar surface area (TPSA) is 114 Å². The van der Waals surface area contributed by atoms with Crippen LogP contribution < -0.4 is 15.4 Å². The Balaban J connectivity index is 1.71. The summed E-state index contributed by atoms with van der Waals surface area (Å²) in [7, 11) is 1.49. The highest BCUT2D eigenvalue weighted by atomic mass is 16.5. The average molecular weight is 477 g/mol. The molecule has 0 aliphatic carbocycles. The van der Waals surface area contributed by atoms with Crippen LogP contribution >= 0.6 is 0 Å². The summed E-state index contributed by atoms with van der Waals surface area (Å²) in [5.74, 6) is -1.31. The molecule has 0 aliphatic heterocycles. The van der Waals surface area contributed by atoms with Gasteiger partial charge in [0.2, 0.25) is 5.91 Å². The van der Waals surface area contributed by atoms with Gasteiger partial charge in [0.25, 0.3) is 0 Å². The number of carboxylic acid groups (broad SMARTS) is 1. The van der Waals surface area contributed by atoms with Gasteiger partial charge in [0, 0.05) is 12.8 Å². The van der Waals surface area contributed by atoms with Crippen molar-refractivity contribution in [3.8, 4) is 5.75 Å². The van der Waals surface area contributed by atoms with E-state index in [-0.39, 0.29) is 19.4 Å². The van der Waals surface area contributed by atoms with Crippen molar-refractivity contribution in [3.05, 3.63) is 102 Å². The molecule has 2 atom stereocenters. The molecular formula is C27H28N2O6. The highest BCUT2D eigenvalue weighted by Crippen LogP contribution is 2.19. The zero-order chi connectivity index (χ0) is 25.0. The number of ether oxygens (including phenoxy) is 2. The van der Waals surface area contributed by atoms with Crippen LogP contribution in [0.15, 0.2) is 84.9 Å². The second kappa shape index (κ2) is 12.8. The summed E-state index contributed by atoms with van der Waals surface area (Å²) >= 11 is 0. The zero-order valence-corrected chi connectivity index (χ0v) is 19.3. The number of amides is 2. The third-order valence-electron chi connectivity index (χ3n) is 5.34. The number of methoxy groups -OCH3 is 1. The maximum absolute atomic E-state index is 13.1. The minimum atomic E-state index is -1.22. The minimum Gasteiger partial charge on any atom is -0.496 e. The summed E-state index contributed by atoms with van der Waals surface area (Å²) in [6.45, 7) is 0.0396. The van der Waals surface area contributed by atoms with Gasteiger partial charge in [-0.15, -0.1) is 0 Å². The largest absolute Gasteiger partial charge is 0.496 e. The number of carbonyl (C=O) groups excluding carboxylic acids is 2. The predicted molar refractivity (Wildman–Crippen MR) is 130 cm³/mol. The van der Waals surface area contributed by atoms with Crippen molar-refractivity contribution in [1.29, 1.82) is 0 Å². The third-order valence-corrected chi connectivity index (χ3v) is 5.34. The van der Waals surface area contributed by atoms with E-state index in [1.807, 2.05) is 60.7 Å². The monoisotopic (exact) mass is 476 g/mol. The first kappa shape index (κ1) is 25.3. The van der Waals surface area contributed by atoms with Crippen LogP contribution in [-0.4, -0.2) is 42.3 Å². The average Bonchev–Trinajstić information content (AvgIpc) is 2.88. The van der Waals surface area contributed by atoms with Gasteiger partial charge in [-0.2, -0.15) is 0 Å². The number of rotatable bonds is 11. The Labute approximate surface area is 203 Å². The molecule has 0 saturated heterocycles. The quantitative estimate of drug-likeness (QED) is 0.391. The molecule has 0 saturated carbocycles. The molecule has 3 aromatic rings. The lowest BCUT2D eigenvalue weighted by Crippen LogP contribution is -2.53. The van der Waals surface area contributed by atoms with Crippen LogP contribution in [0.2, 0.25) is 0 Å². The van der Waals surface area contributed by atoms with E-state index in [1.54, 1.807) is 24.3 Å². The number of aliphatic carboxylic acids is 1. The van der Waals surface area contributed by atoms with Crippen molar-refractivity contribution in [2.45, 2.75) is 31.5 Å². The van der Waals surface area contributed by atoms with Gasteiger partial charge in [-0.25, -0.2) is 9.59 Å². The molecule has 0 aromatic heterocycles. The van der Waals surface area contributed by atoms with Gasteiger partial charge in [-0.1, -0.05) is 78.9 Å². The van der Waals surface area contributed by atoms with Crippen molar-refractivity contribution < 1.29 is 29.0 Å². The first-order valence-electron chi connectivity index (χ1n) is 11.1. The maximum Gasteiger partial charge on any atom is 0.408 e. The molecule has 3 N–H and O–H groups in total. The molecule has 0 bridgehead atoms. The van der Waals surface area contributed by atoms with Crippen molar-refractivity contribution in [2.75, 3.05) is 7.11 Å². The van der Waals surface area contributed by atoms with Crippen LogP contribution in [0.5, 0.6) is 5.75 Å². The number of carboxylic acids is 1. The summed E-state index contributed by atoms with van der Waals surface area (Å²) < 4.78 is 10.6.